The summed E-state index contributed by atoms with van der Waals surface area (Å²) >= 11 is 3.40. The Hall–Kier alpha value is -1.60. The van der Waals surface area contributed by atoms with Crippen molar-refractivity contribution < 1.29 is 9.53 Å². The molecule has 0 fully saturated rings. The molecular formula is C16H25BrN4O2. The van der Waals surface area contributed by atoms with Crippen LogP contribution in [-0.2, 0) is 9.53 Å². The van der Waals surface area contributed by atoms with Crippen molar-refractivity contribution in [3.8, 4) is 0 Å². The molecule has 1 rings (SSSR count). The minimum atomic E-state index is -0.122. The van der Waals surface area contributed by atoms with Gasteiger partial charge in [-0.05, 0) is 38.0 Å². The van der Waals surface area contributed by atoms with Gasteiger partial charge in [0.1, 0.15) is 0 Å². The Morgan fingerprint density at radius 2 is 2.13 bits per heavy atom. The molecule has 1 aromatic carbocycles. The van der Waals surface area contributed by atoms with E-state index in [4.69, 9.17) is 4.74 Å². The van der Waals surface area contributed by atoms with Gasteiger partial charge < -0.3 is 20.7 Å². The quantitative estimate of drug-likeness (QED) is 0.365. The molecule has 6 nitrogen and oxygen atoms in total. The van der Waals surface area contributed by atoms with Crippen LogP contribution < -0.4 is 16.0 Å². The second kappa shape index (κ2) is 11.0. The van der Waals surface area contributed by atoms with Crippen LogP contribution >= 0.6 is 15.9 Å². The molecule has 0 radical (unpaired) electrons. The van der Waals surface area contributed by atoms with Crippen LogP contribution in [0.15, 0.2) is 27.7 Å². The number of nitrogens with zero attached hydrogens (tertiary/aromatic N) is 1. The second-order valence-corrected chi connectivity index (χ2v) is 5.83. The zero-order chi connectivity index (χ0) is 17.1. The van der Waals surface area contributed by atoms with Crippen LogP contribution in [-0.4, -0.2) is 45.2 Å². The van der Waals surface area contributed by atoms with E-state index in [-0.39, 0.29) is 12.5 Å². The summed E-state index contributed by atoms with van der Waals surface area (Å²) in [5, 5.41) is 9.01. The van der Waals surface area contributed by atoms with E-state index in [2.05, 4.69) is 36.9 Å². The number of ether oxygens (including phenoxy) is 1. The third kappa shape index (κ3) is 7.99. The maximum Gasteiger partial charge on any atom is 0.243 e. The maximum atomic E-state index is 12.0. The molecule has 0 aromatic heterocycles. The number of aliphatic imine (C=N–C) groups is 1. The molecule has 23 heavy (non-hydrogen) atoms. The molecule has 0 aliphatic carbocycles. The number of halogens is 1. The Balaban J connectivity index is 2.34. The van der Waals surface area contributed by atoms with Gasteiger partial charge in [-0.2, -0.15) is 0 Å². The standard InChI is InChI=1S/C16H25BrN4O2/c1-4-23-9-5-8-19-16(18-3)20-11-15(22)21-14-10-13(17)7-6-12(14)2/h6-7,10H,4-5,8-9,11H2,1-3H3,(H,21,22)(H2,18,19,20). The first-order chi connectivity index (χ1) is 11.1. The first kappa shape index (κ1) is 19.4. The number of anilines is 1. The van der Waals surface area contributed by atoms with E-state index in [1.165, 1.54) is 0 Å². The van der Waals surface area contributed by atoms with Crippen LogP contribution in [0.1, 0.15) is 18.9 Å². The molecule has 0 aliphatic rings. The average molecular weight is 385 g/mol. The van der Waals surface area contributed by atoms with Crippen molar-refractivity contribution in [2.45, 2.75) is 20.3 Å². The van der Waals surface area contributed by atoms with Crippen LogP contribution in [0.4, 0.5) is 5.69 Å². The van der Waals surface area contributed by atoms with Gasteiger partial charge in [-0.15, -0.1) is 0 Å². The number of aryl methyl sites for hydroxylation is 1. The largest absolute Gasteiger partial charge is 0.382 e. The Morgan fingerprint density at radius 1 is 1.35 bits per heavy atom. The number of guanidine groups is 1. The Bertz CT molecular complexity index is 535. The van der Waals surface area contributed by atoms with Crippen molar-refractivity contribution >= 4 is 33.5 Å². The lowest BCUT2D eigenvalue weighted by Gasteiger charge is -2.13. The summed E-state index contributed by atoms with van der Waals surface area (Å²) in [6.07, 6.45) is 0.887. The summed E-state index contributed by atoms with van der Waals surface area (Å²) in [6.45, 7) is 6.25. The van der Waals surface area contributed by atoms with Crippen LogP contribution in [0.25, 0.3) is 0 Å². The average Bonchev–Trinajstić information content (AvgIpc) is 2.53. The minimum absolute atomic E-state index is 0.122. The molecule has 3 N–H and O–H groups in total. The number of carbonyl (C=O) groups is 1. The molecule has 0 saturated carbocycles. The first-order valence-corrected chi connectivity index (χ1v) is 8.44. The number of carbonyl (C=O) groups excluding carboxylic acids is 1. The lowest BCUT2D eigenvalue weighted by molar-refractivity contribution is -0.115. The SMILES string of the molecule is CCOCCCNC(=NC)NCC(=O)Nc1cc(Br)ccc1C. The fourth-order valence-corrected chi connectivity index (χ4v) is 2.19. The lowest BCUT2D eigenvalue weighted by Crippen LogP contribution is -2.41. The number of benzene rings is 1. The van der Waals surface area contributed by atoms with Gasteiger partial charge >= 0.3 is 0 Å². The van der Waals surface area contributed by atoms with Crippen molar-refractivity contribution in [3.05, 3.63) is 28.2 Å². The minimum Gasteiger partial charge on any atom is -0.382 e. The molecule has 1 amide bonds. The summed E-state index contributed by atoms with van der Waals surface area (Å²) in [7, 11) is 1.67. The van der Waals surface area contributed by atoms with Gasteiger partial charge in [-0.25, -0.2) is 0 Å². The monoisotopic (exact) mass is 384 g/mol. The highest BCUT2D eigenvalue weighted by Crippen LogP contribution is 2.20. The van der Waals surface area contributed by atoms with Gasteiger partial charge in [0.15, 0.2) is 5.96 Å². The van der Waals surface area contributed by atoms with Crippen molar-refractivity contribution in [2.75, 3.05) is 38.7 Å². The van der Waals surface area contributed by atoms with Gasteiger partial charge in [0, 0.05) is 37.0 Å². The zero-order valence-corrected chi connectivity index (χ0v) is 15.5. The number of nitrogens with one attached hydrogen (secondary N) is 3. The third-order valence-corrected chi connectivity index (χ3v) is 3.57. The zero-order valence-electron chi connectivity index (χ0n) is 13.9. The van der Waals surface area contributed by atoms with Crippen molar-refractivity contribution in [1.29, 1.82) is 0 Å². The smallest absolute Gasteiger partial charge is 0.243 e. The molecule has 0 aliphatic heterocycles. The first-order valence-electron chi connectivity index (χ1n) is 7.65. The van der Waals surface area contributed by atoms with Gasteiger partial charge in [0.2, 0.25) is 5.91 Å². The topological polar surface area (TPSA) is 74.8 Å². The Morgan fingerprint density at radius 3 is 2.83 bits per heavy atom. The predicted molar refractivity (Wildman–Crippen MR) is 98.0 cm³/mol. The molecule has 0 spiro atoms. The molecule has 0 atom stereocenters. The summed E-state index contributed by atoms with van der Waals surface area (Å²) in [5.41, 5.74) is 1.81. The Labute approximate surface area is 146 Å². The fourth-order valence-electron chi connectivity index (χ4n) is 1.83. The molecular weight excluding hydrogens is 360 g/mol. The number of hydrogen-bond donors (Lipinski definition) is 3. The number of amides is 1. The van der Waals surface area contributed by atoms with Gasteiger partial charge in [-0.1, -0.05) is 22.0 Å². The molecule has 7 heteroatoms. The molecule has 0 saturated heterocycles. The highest BCUT2D eigenvalue weighted by molar-refractivity contribution is 9.10. The molecule has 1 aromatic rings. The molecule has 128 valence electrons. The Kier molecular flexibility index (Phi) is 9.31. The van der Waals surface area contributed by atoms with Crippen molar-refractivity contribution in [1.82, 2.24) is 10.6 Å². The molecule has 0 heterocycles. The molecule has 0 unspecified atom stereocenters. The van der Waals surface area contributed by atoms with Crippen LogP contribution in [0.2, 0.25) is 0 Å². The van der Waals surface area contributed by atoms with Gasteiger partial charge in [-0.3, -0.25) is 9.79 Å². The van der Waals surface area contributed by atoms with Crippen LogP contribution in [0, 0.1) is 6.92 Å². The van der Waals surface area contributed by atoms with Gasteiger partial charge in [0.05, 0.1) is 6.54 Å². The van der Waals surface area contributed by atoms with Gasteiger partial charge in [0.25, 0.3) is 0 Å². The van der Waals surface area contributed by atoms with E-state index >= 15 is 0 Å². The molecule has 0 bridgehead atoms. The second-order valence-electron chi connectivity index (χ2n) is 4.91. The van der Waals surface area contributed by atoms with E-state index < -0.39 is 0 Å². The lowest BCUT2D eigenvalue weighted by atomic mass is 10.2. The maximum absolute atomic E-state index is 12.0. The highest BCUT2D eigenvalue weighted by Gasteiger charge is 2.06. The van der Waals surface area contributed by atoms with Crippen LogP contribution in [0.5, 0.6) is 0 Å². The predicted octanol–water partition coefficient (Wildman–Crippen LogP) is 2.29. The fraction of sp³-hybridized carbons (Fsp3) is 0.500. The number of rotatable bonds is 8. The van der Waals surface area contributed by atoms with Crippen molar-refractivity contribution in [2.24, 2.45) is 4.99 Å². The normalized spacial score (nSPS) is 11.2. The number of hydrogen-bond acceptors (Lipinski definition) is 3. The van der Waals surface area contributed by atoms with E-state index in [0.717, 1.165) is 35.3 Å². The highest BCUT2D eigenvalue weighted by atomic mass is 79.9. The summed E-state index contributed by atoms with van der Waals surface area (Å²) in [6, 6.07) is 5.78. The third-order valence-electron chi connectivity index (χ3n) is 3.08. The van der Waals surface area contributed by atoms with Crippen LogP contribution in [0.3, 0.4) is 0 Å². The summed E-state index contributed by atoms with van der Waals surface area (Å²) in [5.74, 6) is 0.478. The van der Waals surface area contributed by atoms with E-state index in [0.29, 0.717) is 12.6 Å². The van der Waals surface area contributed by atoms with E-state index in [1.54, 1.807) is 7.05 Å². The summed E-state index contributed by atoms with van der Waals surface area (Å²) < 4.78 is 6.19. The van der Waals surface area contributed by atoms with Crippen molar-refractivity contribution in [3.63, 3.8) is 0 Å². The van der Waals surface area contributed by atoms with E-state index in [1.807, 2.05) is 32.0 Å². The van der Waals surface area contributed by atoms with E-state index in [9.17, 15) is 4.79 Å². The summed E-state index contributed by atoms with van der Waals surface area (Å²) in [4.78, 5) is 16.1.